The molecule has 2 rings (SSSR count). The van der Waals surface area contributed by atoms with E-state index in [1.165, 1.54) is 4.88 Å². The molecule has 0 aromatic carbocycles. The zero-order valence-electron chi connectivity index (χ0n) is 11.4. The van der Waals surface area contributed by atoms with Crippen molar-refractivity contribution in [2.45, 2.75) is 26.3 Å². The molecule has 1 aromatic rings. The lowest BCUT2D eigenvalue weighted by atomic mass is 10.3. The Morgan fingerprint density at radius 3 is 3.00 bits per heavy atom. The fourth-order valence-electron chi connectivity index (χ4n) is 2.16. The summed E-state index contributed by atoms with van der Waals surface area (Å²) in [4.78, 5) is 7.73. The first kappa shape index (κ1) is 14.7. The molecule has 1 aliphatic heterocycles. The van der Waals surface area contributed by atoms with Crippen LogP contribution in [-0.4, -0.2) is 44.5 Å². The maximum absolute atomic E-state index is 11.6. The second-order valence-corrected chi connectivity index (χ2v) is 8.16. The second kappa shape index (κ2) is 6.19. The molecule has 0 saturated carbocycles. The third kappa shape index (κ3) is 3.90. The summed E-state index contributed by atoms with van der Waals surface area (Å²) in [5.74, 6) is 0.542. The van der Waals surface area contributed by atoms with Gasteiger partial charge in [0, 0.05) is 30.2 Å². The Kier molecular flexibility index (Phi) is 4.81. The fraction of sp³-hybridized carbons (Fsp3) is 0.750. The van der Waals surface area contributed by atoms with E-state index in [1.807, 2.05) is 6.20 Å². The molecule has 0 spiro atoms. The molecular weight excluding hydrogens is 282 g/mol. The highest BCUT2D eigenvalue weighted by molar-refractivity contribution is 7.91. The number of nitrogens with one attached hydrogen (secondary N) is 1. The molecule has 7 heteroatoms. The van der Waals surface area contributed by atoms with E-state index in [2.05, 4.69) is 29.0 Å². The van der Waals surface area contributed by atoms with Crippen molar-refractivity contribution in [2.75, 3.05) is 36.0 Å². The second-order valence-electron chi connectivity index (χ2n) is 4.82. The first-order chi connectivity index (χ1) is 9.02. The van der Waals surface area contributed by atoms with Gasteiger partial charge >= 0.3 is 0 Å². The van der Waals surface area contributed by atoms with Crippen LogP contribution in [0.4, 0.5) is 5.13 Å². The number of aromatic nitrogens is 1. The minimum atomic E-state index is -2.86. The molecule has 108 valence electrons. The van der Waals surface area contributed by atoms with E-state index in [9.17, 15) is 8.42 Å². The van der Waals surface area contributed by atoms with Crippen LogP contribution in [0.1, 0.15) is 31.2 Å². The Hall–Kier alpha value is -0.660. The number of hydrogen-bond donors (Lipinski definition) is 1. The summed E-state index contributed by atoms with van der Waals surface area (Å²) >= 11 is 1.65. The average Bonchev–Trinajstić information content (AvgIpc) is 2.76. The topological polar surface area (TPSA) is 62.3 Å². The number of anilines is 1. The minimum Gasteiger partial charge on any atom is -0.347 e. The van der Waals surface area contributed by atoms with Crippen molar-refractivity contribution in [3.8, 4) is 0 Å². The number of sulfone groups is 1. The van der Waals surface area contributed by atoms with Crippen LogP contribution in [-0.2, 0) is 9.84 Å². The molecule has 1 atom stereocenters. The molecule has 1 N–H and O–H groups in total. The standard InChI is InChI=1S/C12H21N3O2S2/c1-3-13-10(2)11-9-14-12(18-11)15-5-4-7-19(16,17)8-6-15/h9-10,13H,3-8H2,1-2H3. The van der Waals surface area contributed by atoms with Crippen molar-refractivity contribution in [2.24, 2.45) is 0 Å². The first-order valence-corrected chi connectivity index (χ1v) is 9.30. The molecule has 0 aliphatic carbocycles. The fourth-order valence-corrected chi connectivity index (χ4v) is 4.42. The van der Waals surface area contributed by atoms with Gasteiger partial charge in [-0.3, -0.25) is 0 Å². The number of nitrogens with zero attached hydrogens (tertiary/aromatic N) is 2. The molecular formula is C12H21N3O2S2. The highest BCUT2D eigenvalue weighted by Gasteiger charge is 2.21. The average molecular weight is 303 g/mol. The summed E-state index contributed by atoms with van der Waals surface area (Å²) in [6, 6.07) is 0.298. The van der Waals surface area contributed by atoms with Gasteiger partial charge in [-0.1, -0.05) is 6.92 Å². The molecule has 2 heterocycles. The van der Waals surface area contributed by atoms with Crippen LogP contribution in [0.2, 0.25) is 0 Å². The maximum Gasteiger partial charge on any atom is 0.185 e. The van der Waals surface area contributed by atoms with Gasteiger partial charge < -0.3 is 10.2 Å². The molecule has 1 unspecified atom stereocenters. The molecule has 0 bridgehead atoms. The monoisotopic (exact) mass is 303 g/mol. The van der Waals surface area contributed by atoms with Crippen LogP contribution >= 0.6 is 11.3 Å². The van der Waals surface area contributed by atoms with Gasteiger partial charge in [0.1, 0.15) is 0 Å². The van der Waals surface area contributed by atoms with Crippen molar-refractivity contribution in [1.29, 1.82) is 0 Å². The summed E-state index contributed by atoms with van der Waals surface area (Å²) in [5, 5.41) is 4.30. The van der Waals surface area contributed by atoms with E-state index >= 15 is 0 Å². The first-order valence-electron chi connectivity index (χ1n) is 6.66. The summed E-state index contributed by atoms with van der Waals surface area (Å²) in [5.41, 5.74) is 0. The maximum atomic E-state index is 11.6. The summed E-state index contributed by atoms with van der Waals surface area (Å²) in [6.45, 7) is 6.47. The summed E-state index contributed by atoms with van der Waals surface area (Å²) < 4.78 is 23.2. The molecule has 1 aliphatic rings. The van der Waals surface area contributed by atoms with Crippen molar-refractivity contribution >= 4 is 26.3 Å². The lowest BCUT2D eigenvalue weighted by molar-refractivity contribution is 0.597. The van der Waals surface area contributed by atoms with Gasteiger partial charge in [-0.25, -0.2) is 13.4 Å². The van der Waals surface area contributed by atoms with Crippen molar-refractivity contribution < 1.29 is 8.42 Å². The van der Waals surface area contributed by atoms with Crippen LogP contribution in [0, 0.1) is 0 Å². The Labute approximate surface area is 119 Å². The smallest absolute Gasteiger partial charge is 0.185 e. The molecule has 5 nitrogen and oxygen atoms in total. The van der Waals surface area contributed by atoms with Gasteiger partial charge in [-0.05, 0) is 19.9 Å². The van der Waals surface area contributed by atoms with Crippen LogP contribution in [0.3, 0.4) is 0 Å². The van der Waals surface area contributed by atoms with Crippen LogP contribution in [0.5, 0.6) is 0 Å². The SMILES string of the molecule is CCNC(C)c1cnc(N2CCCS(=O)(=O)CC2)s1. The lowest BCUT2D eigenvalue weighted by Gasteiger charge is -2.18. The summed E-state index contributed by atoms with van der Waals surface area (Å²) in [6.07, 6.45) is 2.59. The predicted molar refractivity (Wildman–Crippen MR) is 79.7 cm³/mol. The Bertz CT molecular complexity index is 513. The van der Waals surface area contributed by atoms with Crippen LogP contribution < -0.4 is 10.2 Å². The Balaban J connectivity index is 2.06. The molecule has 19 heavy (non-hydrogen) atoms. The third-order valence-electron chi connectivity index (χ3n) is 3.27. The number of hydrogen-bond acceptors (Lipinski definition) is 6. The van der Waals surface area contributed by atoms with E-state index in [0.29, 0.717) is 24.8 Å². The Morgan fingerprint density at radius 2 is 2.26 bits per heavy atom. The van der Waals surface area contributed by atoms with Gasteiger partial charge in [-0.2, -0.15) is 0 Å². The minimum absolute atomic E-state index is 0.241. The van der Waals surface area contributed by atoms with Crippen molar-refractivity contribution in [3.63, 3.8) is 0 Å². The normalized spacial score (nSPS) is 21.1. The molecule has 0 radical (unpaired) electrons. The Morgan fingerprint density at radius 1 is 1.47 bits per heavy atom. The zero-order valence-corrected chi connectivity index (χ0v) is 13.1. The largest absolute Gasteiger partial charge is 0.347 e. The van der Waals surface area contributed by atoms with E-state index in [4.69, 9.17) is 0 Å². The molecule has 0 amide bonds. The predicted octanol–water partition coefficient (Wildman–Crippen LogP) is 1.44. The van der Waals surface area contributed by atoms with E-state index in [-0.39, 0.29) is 5.75 Å². The van der Waals surface area contributed by atoms with Gasteiger partial charge in [0.15, 0.2) is 15.0 Å². The van der Waals surface area contributed by atoms with Gasteiger partial charge in [0.25, 0.3) is 0 Å². The van der Waals surface area contributed by atoms with Crippen molar-refractivity contribution in [1.82, 2.24) is 10.3 Å². The van der Waals surface area contributed by atoms with E-state index < -0.39 is 9.84 Å². The molecule has 1 aromatic heterocycles. The summed E-state index contributed by atoms with van der Waals surface area (Å²) in [7, 11) is -2.86. The van der Waals surface area contributed by atoms with Gasteiger partial charge in [-0.15, -0.1) is 11.3 Å². The molecule has 1 saturated heterocycles. The van der Waals surface area contributed by atoms with Crippen molar-refractivity contribution in [3.05, 3.63) is 11.1 Å². The van der Waals surface area contributed by atoms with E-state index in [0.717, 1.165) is 18.2 Å². The number of thiazole rings is 1. The van der Waals surface area contributed by atoms with Crippen LogP contribution in [0.25, 0.3) is 0 Å². The zero-order chi connectivity index (χ0) is 13.9. The van der Waals surface area contributed by atoms with Gasteiger partial charge in [0.05, 0.1) is 11.5 Å². The highest BCUT2D eigenvalue weighted by Crippen LogP contribution is 2.27. The van der Waals surface area contributed by atoms with Crippen LogP contribution in [0.15, 0.2) is 6.20 Å². The molecule has 1 fully saturated rings. The highest BCUT2D eigenvalue weighted by atomic mass is 32.2. The lowest BCUT2D eigenvalue weighted by Crippen LogP contribution is -2.26. The van der Waals surface area contributed by atoms with E-state index in [1.54, 1.807) is 11.3 Å². The number of rotatable bonds is 4. The third-order valence-corrected chi connectivity index (χ3v) is 6.23. The quantitative estimate of drug-likeness (QED) is 0.912. The van der Waals surface area contributed by atoms with Gasteiger partial charge in [0.2, 0.25) is 0 Å².